The van der Waals surface area contributed by atoms with E-state index in [1.165, 1.54) is 5.56 Å². The average molecular weight is 321 g/mol. The van der Waals surface area contributed by atoms with Crippen LogP contribution < -0.4 is 5.32 Å². The van der Waals surface area contributed by atoms with Crippen LogP contribution in [0.25, 0.3) is 0 Å². The summed E-state index contributed by atoms with van der Waals surface area (Å²) in [4.78, 5) is 14.4. The van der Waals surface area contributed by atoms with Gasteiger partial charge in [0, 0.05) is 42.1 Å². The lowest BCUT2D eigenvalue weighted by molar-refractivity contribution is 0.152. The second kappa shape index (κ2) is 5.43. The molecule has 22 heavy (non-hydrogen) atoms. The van der Waals surface area contributed by atoms with Crippen molar-refractivity contribution in [1.29, 1.82) is 0 Å². The van der Waals surface area contributed by atoms with Crippen molar-refractivity contribution >= 4 is 17.6 Å². The number of likely N-dealkylation sites (tertiary alicyclic amines) is 1. The molecule has 2 heterocycles. The van der Waals surface area contributed by atoms with Crippen molar-refractivity contribution in [2.24, 2.45) is 5.41 Å². The van der Waals surface area contributed by atoms with Crippen LogP contribution in [0, 0.1) is 5.41 Å². The Labute approximate surface area is 135 Å². The summed E-state index contributed by atoms with van der Waals surface area (Å²) in [5.74, 6) is 0.411. The van der Waals surface area contributed by atoms with E-state index in [1.807, 2.05) is 23.1 Å². The molecule has 2 saturated heterocycles. The molecule has 0 unspecified atom stereocenters. The maximum atomic E-state index is 12.4. The van der Waals surface area contributed by atoms with Gasteiger partial charge < -0.3 is 15.0 Å². The Morgan fingerprint density at radius 3 is 3.09 bits per heavy atom. The van der Waals surface area contributed by atoms with Gasteiger partial charge in [0.1, 0.15) is 0 Å². The van der Waals surface area contributed by atoms with E-state index in [-0.39, 0.29) is 17.5 Å². The summed E-state index contributed by atoms with van der Waals surface area (Å²) in [6, 6.07) is 8.27. The van der Waals surface area contributed by atoms with Crippen LogP contribution >= 0.6 is 11.6 Å². The van der Waals surface area contributed by atoms with Gasteiger partial charge in [-0.1, -0.05) is 23.7 Å². The molecule has 2 amide bonds. The summed E-state index contributed by atoms with van der Waals surface area (Å²) >= 11 is 6.04. The molecule has 0 aromatic heterocycles. The van der Waals surface area contributed by atoms with Crippen molar-refractivity contribution in [2.75, 3.05) is 26.3 Å². The Bertz CT molecular complexity index is 586. The molecule has 3 aliphatic rings. The molecular formula is C17H21ClN2O2. The van der Waals surface area contributed by atoms with Gasteiger partial charge in [0.05, 0.1) is 6.61 Å². The molecular weight excluding hydrogens is 300 g/mol. The van der Waals surface area contributed by atoms with Gasteiger partial charge in [-0.05, 0) is 37.0 Å². The minimum absolute atomic E-state index is 0.0818. The molecule has 4 nitrogen and oxygen atoms in total. The first-order valence-electron chi connectivity index (χ1n) is 8.04. The third kappa shape index (κ3) is 2.70. The van der Waals surface area contributed by atoms with E-state index in [0.717, 1.165) is 50.6 Å². The van der Waals surface area contributed by atoms with Crippen LogP contribution in [0.5, 0.6) is 0 Å². The minimum Gasteiger partial charge on any atom is -0.381 e. The van der Waals surface area contributed by atoms with Gasteiger partial charge in [-0.3, -0.25) is 0 Å². The second-order valence-electron chi connectivity index (χ2n) is 6.93. The Hall–Kier alpha value is -1.26. The normalized spacial score (nSPS) is 33.4. The molecule has 1 aromatic carbocycles. The Balaban J connectivity index is 1.32. The predicted octanol–water partition coefficient (Wildman–Crippen LogP) is 3.02. The van der Waals surface area contributed by atoms with Crippen LogP contribution in [0.15, 0.2) is 24.3 Å². The molecule has 3 fully saturated rings. The lowest BCUT2D eigenvalue weighted by Crippen LogP contribution is -2.41. The van der Waals surface area contributed by atoms with E-state index in [9.17, 15) is 4.79 Å². The Kier molecular flexibility index (Phi) is 3.54. The van der Waals surface area contributed by atoms with E-state index < -0.39 is 0 Å². The topological polar surface area (TPSA) is 41.6 Å². The Morgan fingerprint density at radius 2 is 2.32 bits per heavy atom. The molecule has 1 N–H and O–H groups in total. The SMILES string of the molecule is O=C(N[C@@H]1C[C@@H]1c1cccc(Cl)c1)N1CC[C@]2(CCOC2)C1. The summed E-state index contributed by atoms with van der Waals surface area (Å²) in [5, 5.41) is 3.93. The van der Waals surface area contributed by atoms with Crippen LogP contribution in [0.1, 0.15) is 30.7 Å². The van der Waals surface area contributed by atoms with E-state index in [4.69, 9.17) is 16.3 Å². The zero-order valence-corrected chi connectivity index (χ0v) is 13.3. The molecule has 1 spiro atoms. The second-order valence-corrected chi connectivity index (χ2v) is 7.36. The number of nitrogens with one attached hydrogen (secondary N) is 1. The molecule has 1 aromatic rings. The first-order valence-corrected chi connectivity index (χ1v) is 8.42. The smallest absolute Gasteiger partial charge is 0.317 e. The molecule has 118 valence electrons. The fraction of sp³-hybridized carbons (Fsp3) is 0.588. The molecule has 2 aliphatic heterocycles. The summed E-state index contributed by atoms with van der Waals surface area (Å²) in [7, 11) is 0. The lowest BCUT2D eigenvalue weighted by Gasteiger charge is -2.22. The highest BCUT2D eigenvalue weighted by molar-refractivity contribution is 6.30. The monoisotopic (exact) mass is 320 g/mol. The number of nitrogens with zero attached hydrogens (tertiary/aromatic N) is 1. The van der Waals surface area contributed by atoms with Gasteiger partial charge in [0.2, 0.25) is 0 Å². The molecule has 1 saturated carbocycles. The largest absolute Gasteiger partial charge is 0.381 e. The number of carbonyl (C=O) groups excluding carboxylic acids is 1. The van der Waals surface area contributed by atoms with Crippen molar-refractivity contribution in [3.8, 4) is 0 Å². The van der Waals surface area contributed by atoms with Crippen LogP contribution in [0.4, 0.5) is 4.79 Å². The first-order chi connectivity index (χ1) is 10.7. The van der Waals surface area contributed by atoms with E-state index in [2.05, 4.69) is 11.4 Å². The molecule has 1 aliphatic carbocycles. The highest BCUT2D eigenvalue weighted by Gasteiger charge is 2.45. The van der Waals surface area contributed by atoms with Gasteiger partial charge in [-0.15, -0.1) is 0 Å². The van der Waals surface area contributed by atoms with Crippen LogP contribution in [0.3, 0.4) is 0 Å². The molecule has 0 radical (unpaired) electrons. The van der Waals surface area contributed by atoms with Crippen LogP contribution in [-0.4, -0.2) is 43.3 Å². The van der Waals surface area contributed by atoms with Gasteiger partial charge >= 0.3 is 6.03 Å². The maximum Gasteiger partial charge on any atom is 0.317 e. The quantitative estimate of drug-likeness (QED) is 0.910. The van der Waals surface area contributed by atoms with Crippen LogP contribution in [0.2, 0.25) is 5.02 Å². The fourth-order valence-corrected chi connectivity index (χ4v) is 3.99. The number of rotatable bonds is 2. The molecule has 4 rings (SSSR count). The summed E-state index contributed by atoms with van der Waals surface area (Å²) in [5.41, 5.74) is 1.45. The van der Waals surface area contributed by atoms with Gasteiger partial charge in [-0.2, -0.15) is 0 Å². The summed E-state index contributed by atoms with van der Waals surface area (Å²) in [6.45, 7) is 3.34. The predicted molar refractivity (Wildman–Crippen MR) is 85.2 cm³/mol. The minimum atomic E-state index is 0.0818. The molecule has 5 heteroatoms. The number of amides is 2. The fourth-order valence-electron chi connectivity index (χ4n) is 3.79. The van der Waals surface area contributed by atoms with E-state index >= 15 is 0 Å². The number of hydrogen-bond donors (Lipinski definition) is 1. The number of urea groups is 1. The van der Waals surface area contributed by atoms with Crippen LogP contribution in [-0.2, 0) is 4.74 Å². The lowest BCUT2D eigenvalue weighted by atomic mass is 9.87. The number of benzene rings is 1. The standard InChI is InChI=1S/C17H21ClN2O2/c18-13-3-1-2-12(8-13)14-9-15(14)19-16(21)20-6-4-17(10-20)5-7-22-11-17/h1-3,8,14-15H,4-7,9-11H2,(H,19,21)/t14-,15-,17+/m1/s1. The van der Waals surface area contributed by atoms with Crippen molar-refractivity contribution in [3.05, 3.63) is 34.9 Å². The van der Waals surface area contributed by atoms with E-state index in [1.54, 1.807) is 0 Å². The third-order valence-electron chi connectivity index (χ3n) is 5.29. The number of hydrogen-bond acceptors (Lipinski definition) is 2. The zero-order valence-electron chi connectivity index (χ0n) is 12.6. The van der Waals surface area contributed by atoms with Crippen molar-refractivity contribution in [2.45, 2.75) is 31.2 Å². The number of ether oxygens (including phenoxy) is 1. The number of halogens is 1. The highest BCUT2D eigenvalue weighted by Crippen LogP contribution is 2.42. The maximum absolute atomic E-state index is 12.4. The molecule has 0 bridgehead atoms. The van der Waals surface area contributed by atoms with Crippen molar-refractivity contribution in [3.63, 3.8) is 0 Å². The number of carbonyl (C=O) groups is 1. The van der Waals surface area contributed by atoms with Gasteiger partial charge in [0.25, 0.3) is 0 Å². The van der Waals surface area contributed by atoms with E-state index in [0.29, 0.717) is 5.92 Å². The van der Waals surface area contributed by atoms with Crippen molar-refractivity contribution < 1.29 is 9.53 Å². The average Bonchev–Trinajstić information content (AvgIpc) is 2.95. The highest BCUT2D eigenvalue weighted by atomic mass is 35.5. The summed E-state index contributed by atoms with van der Waals surface area (Å²) < 4.78 is 5.52. The molecule has 3 atom stereocenters. The van der Waals surface area contributed by atoms with Crippen molar-refractivity contribution in [1.82, 2.24) is 10.2 Å². The Morgan fingerprint density at radius 1 is 1.41 bits per heavy atom. The first kappa shape index (κ1) is 14.3. The van der Waals surface area contributed by atoms with Gasteiger partial charge in [-0.25, -0.2) is 4.79 Å². The third-order valence-corrected chi connectivity index (χ3v) is 5.52. The zero-order chi connectivity index (χ0) is 15.2. The summed E-state index contributed by atoms with van der Waals surface area (Å²) in [6.07, 6.45) is 3.17. The van der Waals surface area contributed by atoms with Gasteiger partial charge in [0.15, 0.2) is 0 Å².